The van der Waals surface area contributed by atoms with Gasteiger partial charge in [-0.3, -0.25) is 9.69 Å². The summed E-state index contributed by atoms with van der Waals surface area (Å²) in [4.78, 5) is 16.1. The first-order valence-corrected chi connectivity index (χ1v) is 8.24. The van der Waals surface area contributed by atoms with Gasteiger partial charge in [0.05, 0.1) is 12.1 Å². The largest absolute Gasteiger partial charge is 0.494 e. The summed E-state index contributed by atoms with van der Waals surface area (Å²) in [7, 11) is 1.68. The van der Waals surface area contributed by atoms with E-state index in [1.807, 2.05) is 18.2 Å². The van der Waals surface area contributed by atoms with Crippen molar-refractivity contribution in [2.45, 2.75) is 18.6 Å². The van der Waals surface area contributed by atoms with Crippen molar-refractivity contribution in [1.29, 1.82) is 0 Å². The maximum absolute atomic E-state index is 12.3. The molecule has 1 unspecified atom stereocenters. The number of hydrogen-bond acceptors (Lipinski definition) is 5. The number of amides is 1. The molecule has 0 aliphatic carbocycles. The Morgan fingerprint density at radius 1 is 1.33 bits per heavy atom. The van der Waals surface area contributed by atoms with Crippen molar-refractivity contribution in [3.8, 4) is 0 Å². The molecule has 1 aromatic carbocycles. The summed E-state index contributed by atoms with van der Waals surface area (Å²) in [6.07, 6.45) is 2.00. The van der Waals surface area contributed by atoms with E-state index in [-0.39, 0.29) is 18.2 Å². The molecule has 1 N–H and O–H groups in total. The second-order valence-electron chi connectivity index (χ2n) is 6.53. The first-order chi connectivity index (χ1) is 11.6. The van der Waals surface area contributed by atoms with Gasteiger partial charge in [-0.05, 0) is 12.0 Å². The van der Waals surface area contributed by atoms with Crippen molar-refractivity contribution in [3.63, 3.8) is 0 Å². The molecule has 6 nitrogen and oxygen atoms in total. The molecule has 6 heteroatoms. The van der Waals surface area contributed by atoms with Gasteiger partial charge >= 0.3 is 0 Å². The van der Waals surface area contributed by atoms with Crippen LogP contribution in [0.15, 0.2) is 42.4 Å². The van der Waals surface area contributed by atoms with Crippen LogP contribution in [0.25, 0.3) is 0 Å². The summed E-state index contributed by atoms with van der Waals surface area (Å²) in [5.74, 6) is -0.0591. The van der Waals surface area contributed by atoms with Gasteiger partial charge in [-0.2, -0.15) is 0 Å². The lowest BCUT2D eigenvalue weighted by molar-refractivity contribution is -0.134. The number of benzene rings is 1. The van der Waals surface area contributed by atoms with Gasteiger partial charge in [0.1, 0.15) is 19.5 Å². The Kier molecular flexibility index (Phi) is 5.06. The van der Waals surface area contributed by atoms with Gasteiger partial charge in [-0.25, -0.2) is 0 Å². The van der Waals surface area contributed by atoms with Gasteiger partial charge in [-0.15, -0.1) is 0 Å². The summed E-state index contributed by atoms with van der Waals surface area (Å²) in [6, 6.07) is 10.2. The van der Waals surface area contributed by atoms with Gasteiger partial charge in [0, 0.05) is 26.7 Å². The van der Waals surface area contributed by atoms with Crippen LogP contribution in [0.1, 0.15) is 12.0 Å². The van der Waals surface area contributed by atoms with Crippen LogP contribution >= 0.6 is 0 Å². The molecule has 2 aliphatic heterocycles. The van der Waals surface area contributed by atoms with Crippen LogP contribution in [-0.2, 0) is 20.8 Å². The van der Waals surface area contributed by atoms with E-state index < -0.39 is 5.60 Å². The SMILES string of the molecule is CN(CC1(O)CCN(Cc2ccccc2)C1)C(=O)C1=COCCO1. The van der Waals surface area contributed by atoms with E-state index in [0.717, 1.165) is 13.1 Å². The summed E-state index contributed by atoms with van der Waals surface area (Å²) in [5.41, 5.74) is 0.332. The van der Waals surface area contributed by atoms with E-state index in [2.05, 4.69) is 17.0 Å². The molecule has 0 saturated carbocycles. The predicted molar refractivity (Wildman–Crippen MR) is 88.9 cm³/mol. The van der Waals surface area contributed by atoms with Crippen molar-refractivity contribution in [3.05, 3.63) is 47.9 Å². The highest BCUT2D eigenvalue weighted by Gasteiger charge is 2.38. The number of carbonyl (C=O) groups is 1. The summed E-state index contributed by atoms with van der Waals surface area (Å²) in [6.45, 7) is 3.28. The van der Waals surface area contributed by atoms with Gasteiger partial charge < -0.3 is 19.5 Å². The van der Waals surface area contributed by atoms with Crippen molar-refractivity contribution in [2.75, 3.05) is 39.9 Å². The highest BCUT2D eigenvalue weighted by molar-refractivity contribution is 5.91. The average Bonchev–Trinajstić information content (AvgIpc) is 2.96. The zero-order chi connectivity index (χ0) is 17.0. The molecular weight excluding hydrogens is 308 g/mol. The van der Waals surface area contributed by atoms with Crippen LogP contribution < -0.4 is 0 Å². The van der Waals surface area contributed by atoms with Gasteiger partial charge in [0.25, 0.3) is 5.91 Å². The number of aliphatic hydroxyl groups is 1. The third kappa shape index (κ3) is 4.07. The Bertz CT molecular complexity index is 604. The molecule has 1 fully saturated rings. The predicted octanol–water partition coefficient (Wildman–Crippen LogP) is 0.970. The molecule has 2 aliphatic rings. The molecule has 24 heavy (non-hydrogen) atoms. The number of likely N-dealkylation sites (N-methyl/N-ethyl adjacent to an activating group) is 1. The Balaban J connectivity index is 1.54. The molecule has 2 heterocycles. The smallest absolute Gasteiger partial charge is 0.292 e. The number of nitrogens with zero attached hydrogens (tertiary/aromatic N) is 2. The minimum atomic E-state index is -0.894. The Labute approximate surface area is 142 Å². The van der Waals surface area contributed by atoms with E-state index in [1.54, 1.807) is 7.05 Å². The summed E-state index contributed by atoms with van der Waals surface area (Å²) < 4.78 is 10.4. The van der Waals surface area contributed by atoms with Crippen LogP contribution in [-0.4, -0.2) is 66.3 Å². The fourth-order valence-electron chi connectivity index (χ4n) is 3.23. The second kappa shape index (κ2) is 7.23. The zero-order valence-electron chi connectivity index (χ0n) is 14.0. The second-order valence-corrected chi connectivity index (χ2v) is 6.53. The summed E-state index contributed by atoms with van der Waals surface area (Å²) >= 11 is 0. The first-order valence-electron chi connectivity index (χ1n) is 8.24. The van der Waals surface area contributed by atoms with Crippen LogP contribution in [0.2, 0.25) is 0 Å². The Morgan fingerprint density at radius 3 is 2.83 bits per heavy atom. The number of hydrogen-bond donors (Lipinski definition) is 1. The van der Waals surface area contributed by atoms with Crippen LogP contribution in [0.5, 0.6) is 0 Å². The van der Waals surface area contributed by atoms with E-state index in [4.69, 9.17) is 9.47 Å². The molecule has 3 rings (SSSR count). The third-order valence-electron chi connectivity index (χ3n) is 4.40. The minimum absolute atomic E-state index is 0.200. The van der Waals surface area contributed by atoms with Crippen LogP contribution in [0, 0.1) is 0 Å². The number of rotatable bonds is 5. The quantitative estimate of drug-likeness (QED) is 0.871. The molecule has 1 saturated heterocycles. The van der Waals surface area contributed by atoms with Crippen LogP contribution in [0.3, 0.4) is 0 Å². The normalized spacial score (nSPS) is 24.0. The van der Waals surface area contributed by atoms with E-state index >= 15 is 0 Å². The molecule has 1 atom stereocenters. The lowest BCUT2D eigenvalue weighted by atomic mass is 10.0. The highest BCUT2D eigenvalue weighted by Crippen LogP contribution is 2.24. The maximum atomic E-state index is 12.3. The van der Waals surface area contributed by atoms with Gasteiger partial charge in [0.15, 0.2) is 0 Å². The Hall–Kier alpha value is -2.05. The van der Waals surface area contributed by atoms with Gasteiger partial charge in [-0.1, -0.05) is 30.3 Å². The van der Waals surface area contributed by atoms with Crippen molar-refractivity contribution in [1.82, 2.24) is 9.80 Å². The van der Waals surface area contributed by atoms with E-state index in [0.29, 0.717) is 26.2 Å². The van der Waals surface area contributed by atoms with Crippen LogP contribution in [0.4, 0.5) is 0 Å². The van der Waals surface area contributed by atoms with Crippen molar-refractivity contribution < 1.29 is 19.4 Å². The first kappa shape index (κ1) is 16.8. The Morgan fingerprint density at radius 2 is 2.12 bits per heavy atom. The highest BCUT2D eigenvalue weighted by atomic mass is 16.6. The molecule has 0 radical (unpaired) electrons. The molecule has 0 bridgehead atoms. The van der Waals surface area contributed by atoms with Crippen molar-refractivity contribution >= 4 is 5.91 Å². The van der Waals surface area contributed by atoms with Crippen molar-refractivity contribution in [2.24, 2.45) is 0 Å². The number of ether oxygens (including phenoxy) is 2. The maximum Gasteiger partial charge on any atom is 0.292 e. The third-order valence-corrected chi connectivity index (χ3v) is 4.40. The number of carbonyl (C=O) groups excluding carboxylic acids is 1. The summed E-state index contributed by atoms with van der Waals surface area (Å²) in [5, 5.41) is 10.8. The lowest BCUT2D eigenvalue weighted by Gasteiger charge is -2.30. The molecule has 130 valence electrons. The number of β-amino-alcohol motifs (C(OH)–C–C–N with tert-alkyl or cyclic N) is 1. The topological polar surface area (TPSA) is 62.2 Å². The molecule has 0 aromatic heterocycles. The average molecular weight is 332 g/mol. The van der Waals surface area contributed by atoms with E-state index in [1.165, 1.54) is 16.7 Å². The molecule has 1 aromatic rings. The molecule has 1 amide bonds. The van der Waals surface area contributed by atoms with E-state index in [9.17, 15) is 9.90 Å². The van der Waals surface area contributed by atoms with Gasteiger partial charge in [0.2, 0.25) is 5.76 Å². The fraction of sp³-hybridized carbons (Fsp3) is 0.500. The molecule has 0 spiro atoms. The lowest BCUT2D eigenvalue weighted by Crippen LogP contribution is -2.46. The minimum Gasteiger partial charge on any atom is -0.494 e. The fourth-order valence-corrected chi connectivity index (χ4v) is 3.23. The zero-order valence-corrected chi connectivity index (χ0v) is 14.0. The standard InChI is InChI=1S/C18H24N2O4/c1-19(17(21)16-12-23-9-10-24-16)13-18(22)7-8-20(14-18)11-15-5-3-2-4-6-15/h2-6,12,22H,7-11,13-14H2,1H3. The monoisotopic (exact) mass is 332 g/mol. The number of likely N-dealkylation sites (tertiary alicyclic amines) is 1. The molecular formula is C18H24N2O4.